The zero-order valence-electron chi connectivity index (χ0n) is 17.5. The normalized spacial score (nSPS) is 15.2. The van der Waals surface area contributed by atoms with Gasteiger partial charge in [-0.25, -0.2) is 0 Å². The third-order valence-corrected chi connectivity index (χ3v) is 5.42. The maximum Gasteiger partial charge on any atom is 0.232 e. The third kappa shape index (κ3) is 5.31. The molecule has 0 amide bonds. The van der Waals surface area contributed by atoms with E-state index in [0.717, 1.165) is 44.8 Å². The molecule has 30 heavy (non-hydrogen) atoms. The molecule has 0 radical (unpaired) electrons. The van der Waals surface area contributed by atoms with Crippen LogP contribution >= 0.6 is 0 Å². The summed E-state index contributed by atoms with van der Waals surface area (Å²) in [5.74, 6) is 1.45. The first-order valence-corrected chi connectivity index (χ1v) is 10.5. The largest absolute Gasteiger partial charge is 0.368 e. The fourth-order valence-corrected chi connectivity index (χ4v) is 3.78. The highest BCUT2D eigenvalue weighted by atomic mass is 15.3. The van der Waals surface area contributed by atoms with E-state index in [-0.39, 0.29) is 5.95 Å². The number of hydrogen-bond donors (Lipinski definition) is 2. The minimum atomic E-state index is 0.249. The molecule has 0 unspecified atom stereocenters. The number of nitrogen functional groups attached to an aromatic ring is 1. The second-order valence-corrected chi connectivity index (χ2v) is 7.61. The predicted molar refractivity (Wildman–Crippen MR) is 120 cm³/mol. The van der Waals surface area contributed by atoms with Gasteiger partial charge >= 0.3 is 0 Å². The summed E-state index contributed by atoms with van der Waals surface area (Å²) >= 11 is 0. The van der Waals surface area contributed by atoms with Gasteiger partial charge in [0.1, 0.15) is 5.82 Å². The van der Waals surface area contributed by atoms with Gasteiger partial charge in [0.2, 0.25) is 11.9 Å². The van der Waals surface area contributed by atoms with Crippen LogP contribution in [-0.4, -0.2) is 50.9 Å². The first-order chi connectivity index (χ1) is 14.7. The Morgan fingerprint density at radius 1 is 0.833 bits per heavy atom. The number of benzene rings is 2. The van der Waals surface area contributed by atoms with Crippen LogP contribution in [0.4, 0.5) is 17.6 Å². The van der Waals surface area contributed by atoms with Gasteiger partial charge in [-0.05, 0) is 23.6 Å². The smallest absolute Gasteiger partial charge is 0.232 e. The predicted octanol–water partition coefficient (Wildman–Crippen LogP) is 3.08. The topological polar surface area (TPSA) is 83.2 Å². The van der Waals surface area contributed by atoms with E-state index in [1.54, 1.807) is 0 Å². The average Bonchev–Trinajstić information content (AvgIpc) is 2.76. The van der Waals surface area contributed by atoms with Gasteiger partial charge in [0, 0.05) is 38.4 Å². The van der Waals surface area contributed by atoms with Gasteiger partial charge in [-0.3, -0.25) is 9.80 Å². The van der Waals surface area contributed by atoms with E-state index in [1.165, 1.54) is 11.1 Å². The highest BCUT2D eigenvalue weighted by Gasteiger charge is 2.18. The molecular weight excluding hydrogens is 374 g/mol. The van der Waals surface area contributed by atoms with E-state index in [4.69, 9.17) is 5.73 Å². The minimum Gasteiger partial charge on any atom is -0.368 e. The van der Waals surface area contributed by atoms with Crippen molar-refractivity contribution in [3.8, 4) is 0 Å². The lowest BCUT2D eigenvalue weighted by molar-refractivity contribution is 0.120. The number of nitrogens with one attached hydrogen (secondary N) is 1. The minimum absolute atomic E-state index is 0.249. The molecule has 0 atom stereocenters. The molecular formula is C23H29N7. The zero-order valence-corrected chi connectivity index (χ0v) is 17.5. The second-order valence-electron chi connectivity index (χ2n) is 7.61. The fraction of sp³-hybridized carbons (Fsp3) is 0.348. The molecule has 0 saturated carbocycles. The number of aromatic nitrogens is 3. The number of nitrogens with two attached hydrogens (primary N) is 1. The van der Waals surface area contributed by atoms with Gasteiger partial charge in [0.15, 0.2) is 0 Å². The molecule has 1 saturated heterocycles. The summed E-state index contributed by atoms with van der Waals surface area (Å²) < 4.78 is 0. The SMILES string of the molecule is CCc1ccccc1Nc1nc(N)nc(CN2CCN(Cc3ccccc3)CC2)n1. The summed E-state index contributed by atoms with van der Waals surface area (Å²) in [6.45, 7) is 7.84. The number of hydrogen-bond acceptors (Lipinski definition) is 7. The quantitative estimate of drug-likeness (QED) is 0.627. The molecule has 2 aromatic carbocycles. The van der Waals surface area contributed by atoms with E-state index in [0.29, 0.717) is 18.3 Å². The Morgan fingerprint density at radius 2 is 1.50 bits per heavy atom. The van der Waals surface area contributed by atoms with E-state index in [9.17, 15) is 0 Å². The molecule has 2 heterocycles. The molecule has 4 rings (SSSR count). The van der Waals surface area contributed by atoms with Crippen molar-refractivity contribution in [3.05, 3.63) is 71.5 Å². The van der Waals surface area contributed by atoms with Gasteiger partial charge in [-0.2, -0.15) is 15.0 Å². The lowest BCUT2D eigenvalue weighted by Crippen LogP contribution is -2.45. The molecule has 3 N–H and O–H groups in total. The van der Waals surface area contributed by atoms with E-state index in [1.807, 2.05) is 18.2 Å². The lowest BCUT2D eigenvalue weighted by atomic mass is 10.1. The summed E-state index contributed by atoms with van der Waals surface area (Å²) in [5.41, 5.74) is 9.55. The first kappa shape index (κ1) is 20.3. The Morgan fingerprint density at radius 3 is 2.23 bits per heavy atom. The lowest BCUT2D eigenvalue weighted by Gasteiger charge is -2.34. The van der Waals surface area contributed by atoms with Crippen LogP contribution in [-0.2, 0) is 19.5 Å². The first-order valence-electron chi connectivity index (χ1n) is 10.5. The Balaban J connectivity index is 1.36. The number of anilines is 3. The summed E-state index contributed by atoms with van der Waals surface area (Å²) in [4.78, 5) is 18.1. The van der Waals surface area contributed by atoms with E-state index in [2.05, 4.69) is 73.4 Å². The van der Waals surface area contributed by atoms with E-state index < -0.39 is 0 Å². The number of piperazine rings is 1. The number of rotatable bonds is 7. The van der Waals surface area contributed by atoms with Crippen molar-refractivity contribution in [1.82, 2.24) is 24.8 Å². The average molecular weight is 404 g/mol. The molecule has 3 aromatic rings. The van der Waals surface area contributed by atoms with Gasteiger partial charge in [-0.1, -0.05) is 55.5 Å². The van der Waals surface area contributed by atoms with Crippen LogP contribution in [0.5, 0.6) is 0 Å². The van der Waals surface area contributed by atoms with Crippen LogP contribution in [0.25, 0.3) is 0 Å². The maximum absolute atomic E-state index is 5.97. The Hall–Kier alpha value is -3.03. The second kappa shape index (κ2) is 9.65. The van der Waals surface area contributed by atoms with Crippen molar-refractivity contribution >= 4 is 17.6 Å². The summed E-state index contributed by atoms with van der Waals surface area (Å²) in [5, 5.41) is 3.31. The molecule has 156 valence electrons. The third-order valence-electron chi connectivity index (χ3n) is 5.42. The Labute approximate surface area is 178 Å². The molecule has 1 fully saturated rings. The standard InChI is InChI=1S/C23H29N7/c1-2-19-10-6-7-11-20(19)25-23-27-21(26-22(24)28-23)17-30-14-12-29(13-15-30)16-18-8-4-3-5-9-18/h3-11H,2,12-17H2,1H3,(H3,24,25,26,27,28). The van der Waals surface area contributed by atoms with E-state index >= 15 is 0 Å². The molecule has 1 aromatic heterocycles. The van der Waals surface area contributed by atoms with Gasteiger partial charge in [-0.15, -0.1) is 0 Å². The summed E-state index contributed by atoms with van der Waals surface area (Å²) in [7, 11) is 0. The number of aryl methyl sites for hydroxylation is 1. The van der Waals surface area contributed by atoms with Crippen LogP contribution < -0.4 is 11.1 Å². The molecule has 1 aliphatic rings. The Kier molecular flexibility index (Phi) is 6.51. The fourth-order valence-electron chi connectivity index (χ4n) is 3.78. The van der Waals surface area contributed by atoms with Crippen molar-refractivity contribution in [2.24, 2.45) is 0 Å². The highest BCUT2D eigenvalue weighted by molar-refractivity contribution is 5.58. The molecule has 1 aliphatic heterocycles. The maximum atomic E-state index is 5.97. The van der Waals surface area contributed by atoms with Crippen molar-refractivity contribution in [3.63, 3.8) is 0 Å². The van der Waals surface area contributed by atoms with Crippen LogP contribution in [0, 0.1) is 0 Å². The van der Waals surface area contributed by atoms with Gasteiger partial charge in [0.05, 0.1) is 6.54 Å². The molecule has 0 aliphatic carbocycles. The van der Waals surface area contributed by atoms with Crippen LogP contribution in [0.3, 0.4) is 0 Å². The van der Waals surface area contributed by atoms with Crippen LogP contribution in [0.15, 0.2) is 54.6 Å². The van der Waals surface area contributed by atoms with Gasteiger partial charge in [0.25, 0.3) is 0 Å². The van der Waals surface area contributed by atoms with Gasteiger partial charge < -0.3 is 11.1 Å². The monoisotopic (exact) mass is 403 g/mol. The van der Waals surface area contributed by atoms with Crippen LogP contribution in [0.1, 0.15) is 23.9 Å². The summed E-state index contributed by atoms with van der Waals surface area (Å²) in [6, 6.07) is 18.8. The molecule has 7 nitrogen and oxygen atoms in total. The molecule has 0 spiro atoms. The number of nitrogens with zero attached hydrogens (tertiary/aromatic N) is 5. The highest BCUT2D eigenvalue weighted by Crippen LogP contribution is 2.20. The van der Waals surface area contributed by atoms with Crippen molar-refractivity contribution in [1.29, 1.82) is 0 Å². The molecule has 7 heteroatoms. The van der Waals surface area contributed by atoms with Crippen molar-refractivity contribution in [2.45, 2.75) is 26.4 Å². The van der Waals surface area contributed by atoms with Crippen molar-refractivity contribution in [2.75, 3.05) is 37.2 Å². The van der Waals surface area contributed by atoms with Crippen LogP contribution in [0.2, 0.25) is 0 Å². The summed E-state index contributed by atoms with van der Waals surface area (Å²) in [6.07, 6.45) is 0.934. The molecule has 0 bridgehead atoms. The zero-order chi connectivity index (χ0) is 20.8. The Bertz CT molecular complexity index is 953. The van der Waals surface area contributed by atoms with Crippen molar-refractivity contribution < 1.29 is 0 Å². The number of para-hydroxylation sites is 1.